The molecule has 1 aromatic rings. The number of nitrogens with two attached hydrogens (primary N) is 1. The number of hydrogen-bond donors (Lipinski definition) is 2. The predicted octanol–water partition coefficient (Wildman–Crippen LogP) is 2.06. The van der Waals surface area contributed by atoms with Crippen LogP contribution in [0.15, 0.2) is 24.3 Å². The van der Waals surface area contributed by atoms with E-state index in [-0.39, 0.29) is 5.54 Å². The number of hydrogen-bond acceptors (Lipinski definition) is 4. The first-order valence-corrected chi connectivity index (χ1v) is 7.50. The van der Waals surface area contributed by atoms with E-state index in [1.165, 1.54) is 12.8 Å². The van der Waals surface area contributed by atoms with Crippen LogP contribution in [0, 0.1) is 0 Å². The van der Waals surface area contributed by atoms with Crippen LogP contribution in [0.25, 0.3) is 0 Å². The predicted molar refractivity (Wildman–Crippen MR) is 82.2 cm³/mol. The molecule has 3 rings (SSSR count). The summed E-state index contributed by atoms with van der Waals surface area (Å²) in [6.45, 7) is 0.694. The third kappa shape index (κ3) is 2.38. The highest BCUT2D eigenvalue weighted by Crippen LogP contribution is 2.41. The molecular weight excluding hydrogens is 250 g/mol. The molecule has 0 spiro atoms. The first-order valence-electron chi connectivity index (χ1n) is 7.50. The minimum atomic E-state index is 0.0485. The molecule has 2 aliphatic rings. The van der Waals surface area contributed by atoms with E-state index < -0.39 is 0 Å². The van der Waals surface area contributed by atoms with Crippen LogP contribution in [0.5, 0.6) is 5.75 Å². The second-order valence-electron chi connectivity index (χ2n) is 6.30. The van der Waals surface area contributed by atoms with Crippen LogP contribution < -0.4 is 15.8 Å². The summed E-state index contributed by atoms with van der Waals surface area (Å²) in [4.78, 5) is 2.55. The molecule has 20 heavy (non-hydrogen) atoms. The average molecular weight is 275 g/mol. The Morgan fingerprint density at radius 3 is 2.35 bits per heavy atom. The summed E-state index contributed by atoms with van der Waals surface area (Å²) in [7, 11) is 3.95. The zero-order chi connectivity index (χ0) is 14.2. The maximum absolute atomic E-state index is 6.13. The summed E-state index contributed by atoms with van der Waals surface area (Å²) in [5, 5.41) is 3.71. The van der Waals surface area contributed by atoms with E-state index in [0.29, 0.717) is 18.6 Å². The van der Waals surface area contributed by atoms with Gasteiger partial charge >= 0.3 is 0 Å². The number of methoxy groups -OCH3 is 1. The molecule has 2 unspecified atom stereocenters. The van der Waals surface area contributed by atoms with E-state index in [1.54, 1.807) is 7.11 Å². The van der Waals surface area contributed by atoms with Crippen molar-refractivity contribution in [2.75, 3.05) is 26.0 Å². The lowest BCUT2D eigenvalue weighted by Crippen LogP contribution is -2.57. The van der Waals surface area contributed by atoms with Gasteiger partial charge in [0.2, 0.25) is 0 Å². The van der Waals surface area contributed by atoms with Gasteiger partial charge in [-0.25, -0.2) is 0 Å². The molecule has 2 fully saturated rings. The number of nitrogens with zero attached hydrogens (tertiary/aromatic N) is 1. The fraction of sp³-hybridized carbons (Fsp3) is 0.625. The van der Waals surface area contributed by atoms with Gasteiger partial charge in [0.1, 0.15) is 5.75 Å². The van der Waals surface area contributed by atoms with Gasteiger partial charge in [0, 0.05) is 24.3 Å². The van der Waals surface area contributed by atoms with E-state index in [1.807, 2.05) is 12.1 Å². The van der Waals surface area contributed by atoms with Crippen LogP contribution >= 0.6 is 0 Å². The third-order valence-electron chi connectivity index (χ3n) is 5.13. The van der Waals surface area contributed by atoms with Crippen molar-refractivity contribution >= 4 is 5.69 Å². The SMILES string of the molecule is COc1ccc(NC2(CN)CC3CCC(C2)N3C)cc1. The zero-order valence-electron chi connectivity index (χ0n) is 12.4. The van der Waals surface area contributed by atoms with Crippen molar-refractivity contribution in [2.45, 2.75) is 43.3 Å². The van der Waals surface area contributed by atoms with Gasteiger partial charge in [-0.05, 0) is 57.0 Å². The Bertz CT molecular complexity index is 445. The Balaban J connectivity index is 1.76. The van der Waals surface area contributed by atoms with Gasteiger partial charge in [-0.3, -0.25) is 0 Å². The number of piperidine rings is 1. The highest BCUT2D eigenvalue weighted by Gasteiger charge is 2.46. The molecule has 0 amide bonds. The number of rotatable bonds is 4. The lowest BCUT2D eigenvalue weighted by atomic mass is 9.82. The molecule has 1 aromatic carbocycles. The normalized spacial score (nSPS) is 33.1. The highest BCUT2D eigenvalue weighted by atomic mass is 16.5. The van der Waals surface area contributed by atoms with Gasteiger partial charge in [-0.2, -0.15) is 0 Å². The van der Waals surface area contributed by atoms with E-state index >= 15 is 0 Å². The van der Waals surface area contributed by atoms with Gasteiger partial charge < -0.3 is 20.7 Å². The molecule has 2 atom stereocenters. The fourth-order valence-corrected chi connectivity index (χ4v) is 3.87. The topological polar surface area (TPSA) is 50.5 Å². The summed E-state index contributed by atoms with van der Waals surface area (Å²) in [6.07, 6.45) is 4.91. The molecule has 2 bridgehead atoms. The summed E-state index contributed by atoms with van der Waals surface area (Å²) in [6, 6.07) is 9.52. The molecule has 0 aromatic heterocycles. The summed E-state index contributed by atoms with van der Waals surface area (Å²) in [5.74, 6) is 0.890. The van der Waals surface area contributed by atoms with Crippen LogP contribution in [-0.2, 0) is 0 Å². The fourth-order valence-electron chi connectivity index (χ4n) is 3.87. The lowest BCUT2D eigenvalue weighted by molar-refractivity contribution is 0.127. The summed E-state index contributed by atoms with van der Waals surface area (Å²) in [5.41, 5.74) is 7.32. The minimum Gasteiger partial charge on any atom is -0.497 e. The third-order valence-corrected chi connectivity index (χ3v) is 5.13. The monoisotopic (exact) mass is 275 g/mol. The van der Waals surface area contributed by atoms with Gasteiger partial charge in [-0.1, -0.05) is 0 Å². The van der Waals surface area contributed by atoms with Crippen LogP contribution in [0.3, 0.4) is 0 Å². The number of ether oxygens (including phenoxy) is 1. The van der Waals surface area contributed by atoms with Crippen molar-refractivity contribution in [1.29, 1.82) is 0 Å². The van der Waals surface area contributed by atoms with E-state index in [4.69, 9.17) is 10.5 Å². The Kier molecular flexibility index (Phi) is 3.61. The smallest absolute Gasteiger partial charge is 0.119 e. The number of fused-ring (bicyclic) bond motifs is 2. The molecular formula is C16H25N3O. The number of benzene rings is 1. The number of nitrogens with one attached hydrogen (secondary N) is 1. The van der Waals surface area contributed by atoms with Crippen LogP contribution in [0.2, 0.25) is 0 Å². The maximum Gasteiger partial charge on any atom is 0.119 e. The van der Waals surface area contributed by atoms with Gasteiger partial charge in [0.15, 0.2) is 0 Å². The molecule has 4 nitrogen and oxygen atoms in total. The number of anilines is 1. The molecule has 110 valence electrons. The standard InChI is InChI=1S/C16H25N3O/c1-19-13-5-6-14(19)10-16(9-13,11-17)18-12-3-7-15(20-2)8-4-12/h3-4,7-8,13-14,18H,5-6,9-11,17H2,1-2H3. The van der Waals surface area contributed by atoms with Gasteiger partial charge in [0.25, 0.3) is 0 Å². The second kappa shape index (κ2) is 5.26. The Hall–Kier alpha value is -1.26. The molecule has 2 heterocycles. The largest absolute Gasteiger partial charge is 0.497 e. The van der Waals surface area contributed by atoms with E-state index in [0.717, 1.165) is 24.3 Å². The Labute approximate surface area is 121 Å². The van der Waals surface area contributed by atoms with Gasteiger partial charge in [-0.15, -0.1) is 0 Å². The first kappa shape index (κ1) is 13.7. The van der Waals surface area contributed by atoms with Crippen molar-refractivity contribution < 1.29 is 4.74 Å². The highest BCUT2D eigenvalue weighted by molar-refractivity contribution is 5.49. The van der Waals surface area contributed by atoms with Crippen molar-refractivity contribution in [3.8, 4) is 5.75 Å². The Morgan fingerprint density at radius 2 is 1.85 bits per heavy atom. The van der Waals surface area contributed by atoms with Crippen LogP contribution in [0.1, 0.15) is 25.7 Å². The van der Waals surface area contributed by atoms with Crippen molar-refractivity contribution in [3.63, 3.8) is 0 Å². The zero-order valence-corrected chi connectivity index (χ0v) is 12.4. The second-order valence-corrected chi connectivity index (χ2v) is 6.30. The molecule has 4 heteroatoms. The lowest BCUT2D eigenvalue weighted by Gasteiger charge is -2.45. The van der Waals surface area contributed by atoms with Crippen LogP contribution in [-0.4, -0.2) is 43.2 Å². The van der Waals surface area contributed by atoms with Crippen molar-refractivity contribution in [1.82, 2.24) is 4.90 Å². The quantitative estimate of drug-likeness (QED) is 0.883. The molecule has 2 aliphatic heterocycles. The van der Waals surface area contributed by atoms with E-state index in [2.05, 4.69) is 29.4 Å². The van der Waals surface area contributed by atoms with Crippen LogP contribution in [0.4, 0.5) is 5.69 Å². The molecule has 2 saturated heterocycles. The molecule has 3 N–H and O–H groups in total. The van der Waals surface area contributed by atoms with Gasteiger partial charge in [0.05, 0.1) is 12.6 Å². The maximum atomic E-state index is 6.13. The molecule has 0 radical (unpaired) electrons. The average Bonchev–Trinajstić information content (AvgIpc) is 2.71. The summed E-state index contributed by atoms with van der Waals surface area (Å²) >= 11 is 0. The molecule has 0 saturated carbocycles. The van der Waals surface area contributed by atoms with Crippen molar-refractivity contribution in [3.05, 3.63) is 24.3 Å². The first-order chi connectivity index (χ1) is 9.65. The summed E-state index contributed by atoms with van der Waals surface area (Å²) < 4.78 is 5.21. The minimum absolute atomic E-state index is 0.0485. The van der Waals surface area contributed by atoms with E-state index in [9.17, 15) is 0 Å². The van der Waals surface area contributed by atoms with Crippen molar-refractivity contribution in [2.24, 2.45) is 5.73 Å². The Morgan fingerprint density at radius 1 is 1.25 bits per heavy atom. The molecule has 0 aliphatic carbocycles.